The predicted molar refractivity (Wildman–Crippen MR) is 82.9 cm³/mol. The van der Waals surface area contributed by atoms with Gasteiger partial charge in [0.25, 0.3) is 0 Å². The monoisotopic (exact) mass is 340 g/mol. The van der Waals surface area contributed by atoms with Crippen molar-refractivity contribution in [2.75, 3.05) is 20.7 Å². The van der Waals surface area contributed by atoms with Gasteiger partial charge in [0, 0.05) is 36.6 Å². The number of nitrogens with zero attached hydrogens (tertiary/aromatic N) is 1. The van der Waals surface area contributed by atoms with Gasteiger partial charge in [-0.2, -0.15) is 0 Å². The van der Waals surface area contributed by atoms with Crippen molar-refractivity contribution in [1.29, 1.82) is 0 Å². The van der Waals surface area contributed by atoms with Crippen LogP contribution < -0.4 is 10.1 Å². The van der Waals surface area contributed by atoms with Crippen LogP contribution in [0.4, 0.5) is 0 Å². The van der Waals surface area contributed by atoms with Gasteiger partial charge in [-0.1, -0.05) is 22.0 Å². The average Bonchev–Trinajstić information content (AvgIpc) is 2.42. The Labute approximate surface area is 128 Å². The molecule has 1 fully saturated rings. The van der Waals surface area contributed by atoms with Crippen molar-refractivity contribution in [1.82, 2.24) is 10.2 Å². The highest BCUT2D eigenvalue weighted by Crippen LogP contribution is 2.28. The molecule has 0 aromatic heterocycles. The lowest BCUT2D eigenvalue weighted by Gasteiger charge is -2.32. The molecule has 20 heavy (non-hydrogen) atoms. The van der Waals surface area contributed by atoms with Crippen LogP contribution >= 0.6 is 15.9 Å². The maximum atomic E-state index is 11.5. The fraction of sp³-hybridized carbons (Fsp3) is 0.533. The van der Waals surface area contributed by atoms with E-state index in [2.05, 4.69) is 34.2 Å². The number of methoxy groups -OCH3 is 1. The lowest BCUT2D eigenvalue weighted by atomic mass is 10.0. The molecule has 1 amide bonds. The number of likely N-dealkylation sites (tertiary alicyclic amines) is 1. The number of nitrogens with one attached hydrogen (secondary N) is 1. The Kier molecular flexibility index (Phi) is 5.05. The summed E-state index contributed by atoms with van der Waals surface area (Å²) in [5.41, 5.74) is 1.20. The van der Waals surface area contributed by atoms with E-state index in [9.17, 15) is 4.79 Å². The van der Waals surface area contributed by atoms with Gasteiger partial charge in [-0.3, -0.25) is 4.79 Å². The summed E-state index contributed by atoms with van der Waals surface area (Å²) < 4.78 is 6.25. The molecule has 0 bridgehead atoms. The van der Waals surface area contributed by atoms with Crippen LogP contribution in [0.1, 0.15) is 31.4 Å². The van der Waals surface area contributed by atoms with Gasteiger partial charge in [0.1, 0.15) is 5.75 Å². The quantitative estimate of drug-likeness (QED) is 0.916. The van der Waals surface area contributed by atoms with Crippen LogP contribution in [0, 0.1) is 0 Å². The Morgan fingerprint density at radius 3 is 2.85 bits per heavy atom. The molecule has 1 aliphatic heterocycles. The maximum absolute atomic E-state index is 11.5. The molecule has 1 aromatic rings. The summed E-state index contributed by atoms with van der Waals surface area (Å²) in [6, 6.07) is 6.58. The summed E-state index contributed by atoms with van der Waals surface area (Å²) in [6.45, 7) is 2.92. The molecule has 1 N–H and O–H groups in total. The van der Waals surface area contributed by atoms with E-state index in [1.165, 1.54) is 5.56 Å². The number of piperidine rings is 1. The second kappa shape index (κ2) is 6.59. The van der Waals surface area contributed by atoms with Gasteiger partial charge in [0.2, 0.25) is 5.91 Å². The van der Waals surface area contributed by atoms with Gasteiger partial charge in [0.05, 0.1) is 7.11 Å². The molecule has 4 nitrogen and oxygen atoms in total. The first-order valence-corrected chi connectivity index (χ1v) is 7.64. The molecule has 0 unspecified atom stereocenters. The van der Waals surface area contributed by atoms with Crippen LogP contribution in [0.25, 0.3) is 0 Å². The zero-order chi connectivity index (χ0) is 14.7. The van der Waals surface area contributed by atoms with E-state index in [0.29, 0.717) is 12.5 Å². The molecule has 110 valence electrons. The van der Waals surface area contributed by atoms with E-state index < -0.39 is 0 Å². The molecule has 1 saturated heterocycles. The van der Waals surface area contributed by atoms with Gasteiger partial charge >= 0.3 is 0 Å². The number of amides is 1. The van der Waals surface area contributed by atoms with Crippen LogP contribution in [-0.4, -0.2) is 37.6 Å². The number of hydrogen-bond acceptors (Lipinski definition) is 3. The molecule has 1 aliphatic rings. The van der Waals surface area contributed by atoms with Crippen molar-refractivity contribution in [3.8, 4) is 5.75 Å². The van der Waals surface area contributed by atoms with Crippen LogP contribution in [-0.2, 0) is 4.79 Å². The maximum Gasteiger partial charge on any atom is 0.222 e. The third-order valence-corrected chi connectivity index (χ3v) is 4.47. The Hall–Kier alpha value is -1.07. The number of rotatable bonds is 4. The van der Waals surface area contributed by atoms with Crippen molar-refractivity contribution in [3.05, 3.63) is 28.2 Å². The zero-order valence-electron chi connectivity index (χ0n) is 12.1. The van der Waals surface area contributed by atoms with Gasteiger partial charge in [-0.15, -0.1) is 0 Å². The highest BCUT2D eigenvalue weighted by atomic mass is 79.9. The summed E-state index contributed by atoms with van der Waals surface area (Å²) in [5.74, 6) is 1.08. The van der Waals surface area contributed by atoms with Gasteiger partial charge < -0.3 is 15.0 Å². The SMILES string of the molecule is COc1ccc([C@H](C)N[C@H]2CCC(=O)N(C)C2)c(Br)c1. The van der Waals surface area contributed by atoms with Gasteiger partial charge in [-0.05, 0) is 31.0 Å². The van der Waals surface area contributed by atoms with Crippen molar-refractivity contribution >= 4 is 21.8 Å². The molecule has 0 radical (unpaired) electrons. The lowest BCUT2D eigenvalue weighted by molar-refractivity contribution is -0.132. The molecule has 1 heterocycles. The minimum atomic E-state index is 0.224. The normalized spacial score (nSPS) is 20.9. The molecule has 2 atom stereocenters. The minimum absolute atomic E-state index is 0.224. The van der Waals surface area contributed by atoms with Crippen LogP contribution in [0.15, 0.2) is 22.7 Å². The third kappa shape index (κ3) is 3.52. The number of likely N-dealkylation sites (N-methyl/N-ethyl adjacent to an activating group) is 1. The first-order valence-electron chi connectivity index (χ1n) is 6.84. The van der Waals surface area contributed by atoms with E-state index in [0.717, 1.165) is 23.2 Å². The topological polar surface area (TPSA) is 41.6 Å². The third-order valence-electron chi connectivity index (χ3n) is 3.79. The van der Waals surface area contributed by atoms with Crippen molar-refractivity contribution < 1.29 is 9.53 Å². The largest absolute Gasteiger partial charge is 0.497 e. The highest BCUT2D eigenvalue weighted by molar-refractivity contribution is 9.10. The molecule has 2 rings (SSSR count). The fourth-order valence-electron chi connectivity index (χ4n) is 2.58. The second-order valence-electron chi connectivity index (χ2n) is 5.29. The standard InChI is InChI=1S/C15H21BrN2O2/c1-10(13-6-5-12(20-3)8-14(13)16)17-11-4-7-15(19)18(2)9-11/h5-6,8,10-11,17H,4,7,9H2,1-3H3/t10-,11-/m0/s1. The number of ether oxygens (including phenoxy) is 1. The molecular formula is C15H21BrN2O2. The van der Waals surface area contributed by atoms with E-state index >= 15 is 0 Å². The van der Waals surface area contributed by atoms with Gasteiger partial charge in [-0.25, -0.2) is 0 Å². The summed E-state index contributed by atoms with van der Waals surface area (Å²) in [4.78, 5) is 13.3. The lowest BCUT2D eigenvalue weighted by Crippen LogP contribution is -2.47. The van der Waals surface area contributed by atoms with Crippen LogP contribution in [0.3, 0.4) is 0 Å². The second-order valence-corrected chi connectivity index (χ2v) is 6.14. The van der Waals surface area contributed by atoms with E-state index in [1.54, 1.807) is 12.0 Å². The number of halogens is 1. The van der Waals surface area contributed by atoms with Crippen LogP contribution in [0.2, 0.25) is 0 Å². The number of carbonyl (C=O) groups excluding carboxylic acids is 1. The minimum Gasteiger partial charge on any atom is -0.497 e. The predicted octanol–water partition coefficient (Wildman–Crippen LogP) is 2.73. The number of carbonyl (C=O) groups is 1. The van der Waals surface area contributed by atoms with Crippen molar-refractivity contribution in [2.45, 2.75) is 31.8 Å². The molecule has 0 spiro atoms. The number of hydrogen-bond donors (Lipinski definition) is 1. The molecular weight excluding hydrogens is 320 g/mol. The van der Waals surface area contributed by atoms with E-state index in [-0.39, 0.29) is 11.9 Å². The Balaban J connectivity index is 2.01. The summed E-state index contributed by atoms with van der Waals surface area (Å²) in [7, 11) is 3.53. The van der Waals surface area contributed by atoms with Crippen molar-refractivity contribution in [2.24, 2.45) is 0 Å². The van der Waals surface area contributed by atoms with Crippen LogP contribution in [0.5, 0.6) is 5.75 Å². The smallest absolute Gasteiger partial charge is 0.222 e. The van der Waals surface area contributed by atoms with Gasteiger partial charge in [0.15, 0.2) is 0 Å². The van der Waals surface area contributed by atoms with E-state index in [1.807, 2.05) is 19.2 Å². The molecule has 5 heteroatoms. The molecule has 1 aromatic carbocycles. The number of benzene rings is 1. The summed E-state index contributed by atoms with van der Waals surface area (Å²) in [5, 5.41) is 3.60. The summed E-state index contributed by atoms with van der Waals surface area (Å²) >= 11 is 3.59. The van der Waals surface area contributed by atoms with Crippen molar-refractivity contribution in [3.63, 3.8) is 0 Å². The first kappa shape index (κ1) is 15.3. The average molecular weight is 341 g/mol. The fourth-order valence-corrected chi connectivity index (χ4v) is 3.28. The summed E-state index contributed by atoms with van der Waals surface area (Å²) in [6.07, 6.45) is 1.53. The molecule has 0 aliphatic carbocycles. The Bertz CT molecular complexity index is 493. The van der Waals surface area contributed by atoms with E-state index in [4.69, 9.17) is 4.74 Å². The zero-order valence-corrected chi connectivity index (χ0v) is 13.7. The molecule has 0 saturated carbocycles. The Morgan fingerprint density at radius 1 is 1.50 bits per heavy atom. The highest BCUT2D eigenvalue weighted by Gasteiger charge is 2.24. The Morgan fingerprint density at radius 2 is 2.25 bits per heavy atom. The first-order chi connectivity index (χ1) is 9.51.